The molecule has 2 aromatic carbocycles. The Morgan fingerprint density at radius 2 is 1.88 bits per heavy atom. The van der Waals surface area contributed by atoms with E-state index in [2.05, 4.69) is 21.2 Å². The number of thiocarbonyl (C=S) groups is 1. The SMILES string of the molecule is CCOc1ccc(N2C(=O)/C(=C/c3cc(Br)c(Sc4ccccc4)o3)C(=O)NC2=S)cc1. The van der Waals surface area contributed by atoms with Gasteiger partial charge in [0.2, 0.25) is 0 Å². The number of nitrogens with zero attached hydrogens (tertiary/aromatic N) is 1. The molecule has 9 heteroatoms. The second kappa shape index (κ2) is 9.72. The number of halogens is 1. The zero-order valence-electron chi connectivity index (χ0n) is 16.8. The van der Waals surface area contributed by atoms with E-state index in [0.717, 1.165) is 9.37 Å². The highest BCUT2D eigenvalue weighted by Crippen LogP contribution is 2.36. The van der Waals surface area contributed by atoms with Crippen LogP contribution in [0.2, 0.25) is 0 Å². The molecule has 0 bridgehead atoms. The maximum atomic E-state index is 13.2. The van der Waals surface area contributed by atoms with Gasteiger partial charge >= 0.3 is 0 Å². The van der Waals surface area contributed by atoms with Crippen LogP contribution in [0.5, 0.6) is 5.75 Å². The van der Waals surface area contributed by atoms with Gasteiger partial charge in [0.25, 0.3) is 11.8 Å². The fraction of sp³-hybridized carbons (Fsp3) is 0.0870. The smallest absolute Gasteiger partial charge is 0.270 e. The lowest BCUT2D eigenvalue weighted by atomic mass is 10.1. The summed E-state index contributed by atoms with van der Waals surface area (Å²) in [6, 6.07) is 18.4. The molecule has 0 atom stereocenters. The number of carbonyl (C=O) groups excluding carboxylic acids is 2. The van der Waals surface area contributed by atoms with Crippen LogP contribution in [0.3, 0.4) is 0 Å². The Kier molecular flexibility index (Phi) is 6.78. The fourth-order valence-electron chi connectivity index (χ4n) is 3.00. The van der Waals surface area contributed by atoms with Crippen LogP contribution < -0.4 is 15.0 Å². The molecule has 0 aliphatic carbocycles. The van der Waals surface area contributed by atoms with Gasteiger partial charge in [0.05, 0.1) is 16.8 Å². The summed E-state index contributed by atoms with van der Waals surface area (Å²) in [6.45, 7) is 2.42. The first-order valence-electron chi connectivity index (χ1n) is 9.63. The number of anilines is 1. The average Bonchev–Trinajstić information content (AvgIpc) is 3.12. The minimum Gasteiger partial charge on any atom is -0.494 e. The van der Waals surface area contributed by atoms with Gasteiger partial charge in [-0.1, -0.05) is 30.0 Å². The molecule has 2 heterocycles. The molecule has 0 unspecified atom stereocenters. The van der Waals surface area contributed by atoms with E-state index >= 15 is 0 Å². The van der Waals surface area contributed by atoms with Crippen LogP contribution in [0.4, 0.5) is 5.69 Å². The van der Waals surface area contributed by atoms with E-state index in [4.69, 9.17) is 21.4 Å². The first-order valence-corrected chi connectivity index (χ1v) is 11.6. The van der Waals surface area contributed by atoms with Crippen LogP contribution in [0.1, 0.15) is 12.7 Å². The summed E-state index contributed by atoms with van der Waals surface area (Å²) in [5, 5.41) is 3.20. The molecule has 2 amide bonds. The molecule has 1 aromatic heterocycles. The molecule has 1 fully saturated rings. The third-order valence-corrected chi connectivity index (χ3v) is 6.56. The van der Waals surface area contributed by atoms with Gasteiger partial charge in [-0.3, -0.25) is 19.8 Å². The largest absolute Gasteiger partial charge is 0.494 e. The molecular weight excluding hydrogens is 512 g/mol. The summed E-state index contributed by atoms with van der Waals surface area (Å²) in [7, 11) is 0. The predicted octanol–water partition coefficient (Wildman–Crippen LogP) is 5.42. The molecule has 4 rings (SSSR count). The second-order valence-corrected chi connectivity index (χ2v) is 8.87. The minimum atomic E-state index is -0.577. The molecule has 162 valence electrons. The summed E-state index contributed by atoms with van der Waals surface area (Å²) in [6.07, 6.45) is 1.42. The van der Waals surface area contributed by atoms with Crippen molar-refractivity contribution in [2.45, 2.75) is 16.9 Å². The van der Waals surface area contributed by atoms with Gasteiger partial charge in [-0.15, -0.1) is 0 Å². The monoisotopic (exact) mass is 528 g/mol. The fourth-order valence-corrected chi connectivity index (χ4v) is 4.63. The molecule has 1 aliphatic heterocycles. The third kappa shape index (κ3) is 4.79. The van der Waals surface area contributed by atoms with Crippen molar-refractivity contribution < 1.29 is 18.7 Å². The average molecular weight is 529 g/mol. The highest BCUT2D eigenvalue weighted by atomic mass is 79.9. The van der Waals surface area contributed by atoms with Crippen molar-refractivity contribution in [2.75, 3.05) is 11.5 Å². The number of hydrogen-bond donors (Lipinski definition) is 1. The molecular formula is C23H17BrN2O4S2. The van der Waals surface area contributed by atoms with Crippen molar-refractivity contribution in [2.24, 2.45) is 0 Å². The van der Waals surface area contributed by atoms with Gasteiger partial charge in [0.1, 0.15) is 17.1 Å². The van der Waals surface area contributed by atoms with Gasteiger partial charge in [0.15, 0.2) is 10.2 Å². The number of carbonyl (C=O) groups is 2. The van der Waals surface area contributed by atoms with Gasteiger partial charge < -0.3 is 9.15 Å². The van der Waals surface area contributed by atoms with E-state index in [1.165, 1.54) is 22.7 Å². The van der Waals surface area contributed by atoms with Crippen molar-refractivity contribution >= 4 is 68.6 Å². The van der Waals surface area contributed by atoms with Gasteiger partial charge in [-0.25, -0.2) is 0 Å². The Bertz CT molecular complexity index is 1210. The lowest BCUT2D eigenvalue weighted by Crippen LogP contribution is -2.54. The van der Waals surface area contributed by atoms with Crippen molar-refractivity contribution in [1.29, 1.82) is 0 Å². The zero-order valence-corrected chi connectivity index (χ0v) is 20.1. The number of nitrogens with one attached hydrogen (secondary N) is 1. The van der Waals surface area contributed by atoms with E-state index in [1.54, 1.807) is 30.3 Å². The van der Waals surface area contributed by atoms with E-state index in [1.807, 2.05) is 37.3 Å². The quantitative estimate of drug-likeness (QED) is 0.261. The highest BCUT2D eigenvalue weighted by molar-refractivity contribution is 9.10. The van der Waals surface area contributed by atoms with E-state index in [-0.39, 0.29) is 10.7 Å². The molecule has 0 spiro atoms. The van der Waals surface area contributed by atoms with E-state index < -0.39 is 11.8 Å². The van der Waals surface area contributed by atoms with Crippen LogP contribution in [-0.2, 0) is 9.59 Å². The summed E-state index contributed by atoms with van der Waals surface area (Å²) >= 11 is 10.1. The Morgan fingerprint density at radius 3 is 2.56 bits per heavy atom. The summed E-state index contributed by atoms with van der Waals surface area (Å²) < 4.78 is 12.0. The van der Waals surface area contributed by atoms with Gasteiger partial charge in [-0.05, 0) is 83.6 Å². The summed E-state index contributed by atoms with van der Waals surface area (Å²) in [5.41, 5.74) is 0.445. The molecule has 1 N–H and O–H groups in total. The summed E-state index contributed by atoms with van der Waals surface area (Å²) in [5.74, 6) is -0.0664. The van der Waals surface area contributed by atoms with E-state index in [0.29, 0.717) is 28.9 Å². The van der Waals surface area contributed by atoms with Gasteiger partial charge in [-0.2, -0.15) is 0 Å². The van der Waals surface area contributed by atoms with Crippen LogP contribution >= 0.6 is 39.9 Å². The first-order chi connectivity index (χ1) is 15.5. The molecule has 0 radical (unpaired) electrons. The van der Waals surface area contributed by atoms with Crippen molar-refractivity contribution in [3.8, 4) is 5.75 Å². The zero-order chi connectivity index (χ0) is 22.7. The number of benzene rings is 2. The maximum absolute atomic E-state index is 13.2. The van der Waals surface area contributed by atoms with Crippen molar-refractivity contribution in [3.63, 3.8) is 0 Å². The molecule has 1 saturated heterocycles. The highest BCUT2D eigenvalue weighted by Gasteiger charge is 2.34. The number of rotatable bonds is 6. The van der Waals surface area contributed by atoms with Crippen molar-refractivity contribution in [3.05, 3.63) is 76.5 Å². The first kappa shape index (κ1) is 22.3. The normalized spacial score (nSPS) is 15.2. The lowest BCUT2D eigenvalue weighted by Gasteiger charge is -2.28. The number of ether oxygens (including phenoxy) is 1. The molecule has 32 heavy (non-hydrogen) atoms. The Labute approximate surface area is 202 Å². The second-order valence-electron chi connectivity index (χ2n) is 6.58. The molecule has 6 nitrogen and oxygen atoms in total. The Morgan fingerprint density at radius 1 is 1.16 bits per heavy atom. The Hall–Kier alpha value is -2.88. The molecule has 1 aliphatic rings. The number of amides is 2. The van der Waals surface area contributed by atoms with Crippen molar-refractivity contribution in [1.82, 2.24) is 5.32 Å². The van der Waals surface area contributed by atoms with Crippen LogP contribution in [-0.4, -0.2) is 23.5 Å². The number of furan rings is 1. The predicted molar refractivity (Wildman–Crippen MR) is 131 cm³/mol. The van der Waals surface area contributed by atoms with E-state index in [9.17, 15) is 9.59 Å². The molecule has 3 aromatic rings. The third-order valence-electron chi connectivity index (χ3n) is 4.42. The van der Waals surface area contributed by atoms with Crippen LogP contribution in [0, 0.1) is 0 Å². The standard InChI is InChI=1S/C23H17BrN2O4S2/c1-2-29-15-10-8-14(9-11-15)26-21(28)18(20(27)25-23(26)31)12-16-13-19(24)22(30-16)32-17-6-4-3-5-7-17/h3-13H,2H2,1H3,(H,25,27,31)/b18-12+. The lowest BCUT2D eigenvalue weighted by molar-refractivity contribution is -0.122. The number of hydrogen-bond acceptors (Lipinski definition) is 6. The molecule has 0 saturated carbocycles. The Balaban J connectivity index is 1.61. The maximum Gasteiger partial charge on any atom is 0.270 e. The minimum absolute atomic E-state index is 0.0160. The van der Waals surface area contributed by atoms with Crippen LogP contribution in [0.15, 0.2) is 85.1 Å². The van der Waals surface area contributed by atoms with Gasteiger partial charge in [0, 0.05) is 4.90 Å². The topological polar surface area (TPSA) is 71.8 Å². The summed E-state index contributed by atoms with van der Waals surface area (Å²) in [4.78, 5) is 28.0. The van der Waals surface area contributed by atoms with Crippen LogP contribution in [0.25, 0.3) is 6.08 Å².